The fourth-order valence-electron chi connectivity index (χ4n) is 2.58. The second-order valence-electron chi connectivity index (χ2n) is 5.54. The van der Waals surface area contributed by atoms with Gasteiger partial charge in [-0.1, -0.05) is 26.0 Å². The Bertz CT molecular complexity index is 809. The number of rotatable bonds is 2. The number of benzene rings is 1. The van der Waals surface area contributed by atoms with E-state index < -0.39 is 0 Å². The Balaban J connectivity index is 2.21. The van der Waals surface area contributed by atoms with Crippen LogP contribution in [0.5, 0.6) is 0 Å². The topological polar surface area (TPSA) is 64.7 Å². The van der Waals surface area contributed by atoms with Crippen LogP contribution in [0.1, 0.15) is 31.0 Å². The van der Waals surface area contributed by atoms with E-state index in [2.05, 4.69) is 40.9 Å². The highest BCUT2D eigenvalue weighted by atomic mass is 14.9. The van der Waals surface area contributed by atoms with Crippen LogP contribution in [0, 0.1) is 6.92 Å². The molecule has 3 rings (SSSR count). The predicted octanol–water partition coefficient (Wildman–Crippen LogP) is 3.71. The summed E-state index contributed by atoms with van der Waals surface area (Å²) in [6.07, 6.45) is 1.52. The predicted molar refractivity (Wildman–Crippen MR) is 86.0 cm³/mol. The van der Waals surface area contributed by atoms with Crippen molar-refractivity contribution in [3.05, 3.63) is 47.9 Å². The number of aromatic nitrogens is 3. The number of hydrogen-bond donors (Lipinski definition) is 1. The van der Waals surface area contributed by atoms with Crippen LogP contribution < -0.4 is 5.73 Å². The molecule has 0 spiro atoms. The first-order chi connectivity index (χ1) is 10.1. The van der Waals surface area contributed by atoms with E-state index in [1.54, 1.807) is 0 Å². The molecule has 0 aliphatic carbocycles. The van der Waals surface area contributed by atoms with Gasteiger partial charge in [0, 0.05) is 22.2 Å². The molecule has 0 aliphatic rings. The van der Waals surface area contributed by atoms with E-state index in [1.807, 2.05) is 25.1 Å². The van der Waals surface area contributed by atoms with Gasteiger partial charge >= 0.3 is 0 Å². The van der Waals surface area contributed by atoms with E-state index in [4.69, 9.17) is 5.73 Å². The van der Waals surface area contributed by atoms with Crippen LogP contribution in [0.15, 0.2) is 36.7 Å². The third-order valence-corrected chi connectivity index (χ3v) is 3.59. The molecular formula is C17H18N4. The first-order valence-corrected chi connectivity index (χ1v) is 7.04. The van der Waals surface area contributed by atoms with Crippen molar-refractivity contribution in [3.63, 3.8) is 0 Å². The molecule has 2 N–H and O–H groups in total. The Labute approximate surface area is 124 Å². The molecule has 0 unspecified atom stereocenters. The molecule has 4 heteroatoms. The van der Waals surface area contributed by atoms with Gasteiger partial charge in [-0.25, -0.2) is 9.97 Å². The molecule has 1 aromatic carbocycles. The monoisotopic (exact) mass is 278 g/mol. The van der Waals surface area contributed by atoms with Crippen LogP contribution in [0.3, 0.4) is 0 Å². The highest BCUT2D eigenvalue weighted by Crippen LogP contribution is 2.31. The number of hydrogen-bond acceptors (Lipinski definition) is 4. The van der Waals surface area contributed by atoms with Gasteiger partial charge in [0.25, 0.3) is 0 Å². The third-order valence-electron chi connectivity index (χ3n) is 3.59. The minimum atomic E-state index is 0.271. The van der Waals surface area contributed by atoms with Crippen molar-refractivity contribution < 1.29 is 0 Å². The van der Waals surface area contributed by atoms with Crippen LogP contribution in [0.25, 0.3) is 22.2 Å². The first-order valence-electron chi connectivity index (χ1n) is 7.04. The Morgan fingerprint density at radius 3 is 2.62 bits per heavy atom. The second kappa shape index (κ2) is 5.13. The molecule has 0 amide bonds. The van der Waals surface area contributed by atoms with Gasteiger partial charge in [0.1, 0.15) is 12.1 Å². The van der Waals surface area contributed by atoms with E-state index in [9.17, 15) is 0 Å². The highest BCUT2D eigenvalue weighted by Gasteiger charge is 2.14. The fraction of sp³-hybridized carbons (Fsp3) is 0.235. The Hall–Kier alpha value is -2.49. The molecule has 4 nitrogen and oxygen atoms in total. The van der Waals surface area contributed by atoms with Crippen LogP contribution in [0.2, 0.25) is 0 Å². The number of pyridine rings is 1. The maximum absolute atomic E-state index is 6.03. The van der Waals surface area contributed by atoms with Gasteiger partial charge in [-0.3, -0.25) is 4.98 Å². The lowest BCUT2D eigenvalue weighted by Crippen LogP contribution is -2.04. The molecule has 0 saturated heterocycles. The van der Waals surface area contributed by atoms with Gasteiger partial charge in [-0.15, -0.1) is 0 Å². The van der Waals surface area contributed by atoms with Gasteiger partial charge in [0.05, 0.1) is 11.2 Å². The lowest BCUT2D eigenvalue weighted by atomic mass is 9.96. The molecule has 0 saturated carbocycles. The summed E-state index contributed by atoms with van der Waals surface area (Å²) in [7, 11) is 0. The number of nitrogens with two attached hydrogens (primary N) is 1. The summed E-state index contributed by atoms with van der Waals surface area (Å²) in [6, 6.07) is 10.3. The van der Waals surface area contributed by atoms with E-state index >= 15 is 0 Å². The van der Waals surface area contributed by atoms with Gasteiger partial charge < -0.3 is 5.73 Å². The number of anilines is 1. The molecule has 0 aliphatic heterocycles. The molecule has 0 bridgehead atoms. The first kappa shape index (κ1) is 13.5. The minimum absolute atomic E-state index is 0.271. The van der Waals surface area contributed by atoms with Crippen LogP contribution in [0.4, 0.5) is 5.82 Å². The van der Waals surface area contributed by atoms with Crippen molar-refractivity contribution in [1.82, 2.24) is 15.0 Å². The summed E-state index contributed by atoms with van der Waals surface area (Å²) >= 11 is 0. The summed E-state index contributed by atoms with van der Waals surface area (Å²) in [5.74, 6) is 0.824. The van der Waals surface area contributed by atoms with Gasteiger partial charge in [0.15, 0.2) is 0 Å². The van der Waals surface area contributed by atoms with Crippen molar-refractivity contribution in [2.45, 2.75) is 26.7 Å². The van der Waals surface area contributed by atoms with Crippen molar-refractivity contribution >= 4 is 16.7 Å². The zero-order valence-corrected chi connectivity index (χ0v) is 12.5. The normalized spacial score (nSPS) is 11.2. The number of fused-ring (bicyclic) bond motifs is 1. The fourth-order valence-corrected chi connectivity index (χ4v) is 2.58. The van der Waals surface area contributed by atoms with Crippen LogP contribution in [-0.2, 0) is 0 Å². The summed E-state index contributed by atoms with van der Waals surface area (Å²) in [4.78, 5) is 13.1. The largest absolute Gasteiger partial charge is 0.383 e. The molecule has 2 aromatic heterocycles. The summed E-state index contributed by atoms with van der Waals surface area (Å²) < 4.78 is 0. The molecule has 3 aromatic rings. The average Bonchev–Trinajstić information content (AvgIpc) is 2.46. The quantitative estimate of drug-likeness (QED) is 0.776. The standard InChI is InChI=1S/C17H18N4/c1-10(2)15-16(19-9-20-17(15)18)13-6-7-14-12(8-13)5-4-11(3)21-14/h4-10H,1-3H3,(H2,18,19,20). The van der Waals surface area contributed by atoms with Gasteiger partial charge in [-0.05, 0) is 31.0 Å². The third kappa shape index (κ3) is 2.44. The Morgan fingerprint density at radius 1 is 1.05 bits per heavy atom. The zero-order chi connectivity index (χ0) is 15.0. The van der Waals surface area contributed by atoms with Crippen molar-refractivity contribution in [2.24, 2.45) is 0 Å². The van der Waals surface area contributed by atoms with E-state index in [0.29, 0.717) is 5.82 Å². The zero-order valence-electron chi connectivity index (χ0n) is 12.5. The lowest BCUT2D eigenvalue weighted by Gasteiger charge is -2.14. The van der Waals surface area contributed by atoms with E-state index in [0.717, 1.165) is 33.4 Å². The summed E-state index contributed by atoms with van der Waals surface area (Å²) in [5.41, 5.74) is 11.0. The Kier molecular flexibility index (Phi) is 3.29. The number of nitrogens with zero attached hydrogens (tertiary/aromatic N) is 3. The van der Waals surface area contributed by atoms with Crippen molar-refractivity contribution in [3.8, 4) is 11.3 Å². The lowest BCUT2D eigenvalue weighted by molar-refractivity contribution is 0.855. The maximum Gasteiger partial charge on any atom is 0.130 e. The molecule has 21 heavy (non-hydrogen) atoms. The highest BCUT2D eigenvalue weighted by molar-refractivity contribution is 5.85. The second-order valence-corrected chi connectivity index (χ2v) is 5.54. The summed E-state index contributed by atoms with van der Waals surface area (Å²) in [5, 5.41) is 1.10. The molecular weight excluding hydrogens is 260 g/mol. The van der Waals surface area contributed by atoms with Gasteiger partial charge in [-0.2, -0.15) is 0 Å². The van der Waals surface area contributed by atoms with E-state index in [-0.39, 0.29) is 5.92 Å². The van der Waals surface area contributed by atoms with Crippen LogP contribution >= 0.6 is 0 Å². The van der Waals surface area contributed by atoms with Gasteiger partial charge in [0.2, 0.25) is 0 Å². The SMILES string of the molecule is Cc1ccc2cc(-c3ncnc(N)c3C(C)C)ccc2n1. The molecule has 0 atom stereocenters. The minimum Gasteiger partial charge on any atom is -0.383 e. The van der Waals surface area contributed by atoms with Crippen molar-refractivity contribution in [1.29, 1.82) is 0 Å². The Morgan fingerprint density at radius 2 is 1.86 bits per heavy atom. The van der Waals surface area contributed by atoms with E-state index in [1.165, 1.54) is 6.33 Å². The van der Waals surface area contributed by atoms with Crippen molar-refractivity contribution in [2.75, 3.05) is 5.73 Å². The molecule has 0 radical (unpaired) electrons. The molecule has 106 valence electrons. The summed E-state index contributed by atoms with van der Waals surface area (Å²) in [6.45, 7) is 6.20. The molecule has 2 heterocycles. The smallest absolute Gasteiger partial charge is 0.130 e. The van der Waals surface area contributed by atoms with Crippen LogP contribution in [-0.4, -0.2) is 15.0 Å². The number of nitrogen functional groups attached to an aromatic ring is 1. The number of aryl methyl sites for hydroxylation is 1. The maximum atomic E-state index is 6.03. The average molecular weight is 278 g/mol. The molecule has 0 fully saturated rings.